The lowest BCUT2D eigenvalue weighted by Gasteiger charge is -2.22. The summed E-state index contributed by atoms with van der Waals surface area (Å²) in [6.45, 7) is 3.85. The van der Waals surface area contributed by atoms with E-state index in [0.29, 0.717) is 0 Å². The number of hydrogen-bond donors (Lipinski definition) is 2. The predicted octanol–water partition coefficient (Wildman–Crippen LogP) is 5.02. The van der Waals surface area contributed by atoms with Crippen LogP contribution in [0.1, 0.15) is 40.3 Å². The molecule has 2 N–H and O–H groups in total. The maximum atomic E-state index is 13.3. The summed E-state index contributed by atoms with van der Waals surface area (Å²) in [6.07, 6.45) is 1.66. The van der Waals surface area contributed by atoms with Crippen LogP contribution in [0.3, 0.4) is 0 Å². The predicted molar refractivity (Wildman–Crippen MR) is 107 cm³/mol. The zero-order valence-electron chi connectivity index (χ0n) is 15.4. The lowest BCUT2D eigenvalue weighted by atomic mass is 9.99. The highest BCUT2D eigenvalue weighted by atomic mass is 16.3. The highest BCUT2D eigenvalue weighted by Gasteiger charge is 2.26. The van der Waals surface area contributed by atoms with Crippen molar-refractivity contribution in [3.05, 3.63) is 95.6 Å². The molecule has 4 aromatic rings. The minimum atomic E-state index is -0.377. The molecule has 0 spiro atoms. The fourth-order valence-corrected chi connectivity index (χ4v) is 3.58. The lowest BCUT2D eigenvalue weighted by Crippen LogP contribution is -2.37. The smallest absolute Gasteiger partial charge is 0.181 e. The van der Waals surface area contributed by atoms with Crippen LogP contribution in [-0.2, 0) is 0 Å². The van der Waals surface area contributed by atoms with Gasteiger partial charge < -0.3 is 9.40 Å². The van der Waals surface area contributed by atoms with Crippen LogP contribution in [0, 0.1) is 6.92 Å². The summed E-state index contributed by atoms with van der Waals surface area (Å²) in [5, 5.41) is 4.42. The Bertz CT molecular complexity index is 1050. The number of H-pyrrole nitrogens is 1. The van der Waals surface area contributed by atoms with Crippen LogP contribution in [-0.4, -0.2) is 16.8 Å². The first kappa shape index (κ1) is 17.3. The molecule has 4 nitrogen and oxygen atoms in total. The summed E-state index contributed by atoms with van der Waals surface area (Å²) in [5.74, 6) is 0.855. The third-order valence-corrected chi connectivity index (χ3v) is 4.91. The topological polar surface area (TPSA) is 58.0 Å². The molecule has 2 heterocycles. The zero-order chi connectivity index (χ0) is 18.8. The fraction of sp³-hybridized carbons (Fsp3) is 0.174. The van der Waals surface area contributed by atoms with E-state index >= 15 is 0 Å². The number of rotatable bonds is 6. The Morgan fingerprint density at radius 3 is 2.48 bits per heavy atom. The van der Waals surface area contributed by atoms with Gasteiger partial charge in [0.05, 0.1) is 18.3 Å². The molecular formula is C23H22N2O2. The summed E-state index contributed by atoms with van der Waals surface area (Å²) in [5.41, 5.74) is 3.68. The van der Waals surface area contributed by atoms with E-state index in [1.165, 1.54) is 0 Å². The number of aryl methyl sites for hydroxylation is 1. The molecule has 0 aliphatic carbocycles. The van der Waals surface area contributed by atoms with Crippen LogP contribution >= 0.6 is 0 Å². The van der Waals surface area contributed by atoms with Crippen molar-refractivity contribution in [2.45, 2.75) is 25.9 Å². The van der Waals surface area contributed by atoms with Crippen molar-refractivity contribution in [3.63, 3.8) is 0 Å². The number of Topliss-reactive ketones (excluding diaryl/α,β-unsaturated/α-hetero) is 1. The molecule has 4 heteroatoms. The van der Waals surface area contributed by atoms with Crippen LogP contribution in [0.5, 0.6) is 0 Å². The van der Waals surface area contributed by atoms with Crippen molar-refractivity contribution in [1.29, 1.82) is 0 Å². The van der Waals surface area contributed by atoms with Gasteiger partial charge in [0.1, 0.15) is 5.76 Å². The second kappa shape index (κ2) is 7.25. The number of aromatic nitrogens is 1. The fourth-order valence-electron chi connectivity index (χ4n) is 3.58. The van der Waals surface area contributed by atoms with Crippen LogP contribution in [0.25, 0.3) is 10.9 Å². The third kappa shape index (κ3) is 3.32. The first-order chi connectivity index (χ1) is 13.1. The minimum absolute atomic E-state index is 0.0671. The van der Waals surface area contributed by atoms with E-state index in [0.717, 1.165) is 33.5 Å². The van der Waals surface area contributed by atoms with Crippen LogP contribution in [0.2, 0.25) is 0 Å². The SMILES string of the molecule is Cc1[nH]c2ccccc2c1C(=O)[C@H](C)N[C@H](c1ccccc1)c1ccco1. The highest BCUT2D eigenvalue weighted by molar-refractivity contribution is 6.11. The molecule has 2 atom stereocenters. The van der Waals surface area contributed by atoms with E-state index in [-0.39, 0.29) is 17.9 Å². The number of furan rings is 1. The largest absolute Gasteiger partial charge is 0.467 e. The van der Waals surface area contributed by atoms with Gasteiger partial charge in [-0.3, -0.25) is 10.1 Å². The number of hydrogen-bond acceptors (Lipinski definition) is 3. The molecule has 136 valence electrons. The normalized spacial score (nSPS) is 13.6. The molecule has 0 fully saturated rings. The standard InChI is InChI=1S/C23H22N2O2/c1-15-21(18-11-6-7-12-19(18)24-15)23(26)16(2)25-22(20-13-8-14-27-20)17-9-4-3-5-10-17/h3-14,16,22,24-25H,1-2H3/t16-,22+/m0/s1. The van der Waals surface area contributed by atoms with Gasteiger partial charge in [-0.1, -0.05) is 48.5 Å². The van der Waals surface area contributed by atoms with Crippen molar-refractivity contribution in [1.82, 2.24) is 10.3 Å². The summed E-state index contributed by atoms with van der Waals surface area (Å²) >= 11 is 0. The Kier molecular flexibility index (Phi) is 4.65. The lowest BCUT2D eigenvalue weighted by molar-refractivity contribution is 0.0946. The van der Waals surface area contributed by atoms with E-state index < -0.39 is 0 Å². The van der Waals surface area contributed by atoms with E-state index in [1.54, 1.807) is 6.26 Å². The molecule has 4 rings (SSSR count). The number of fused-ring (bicyclic) bond motifs is 1. The van der Waals surface area contributed by atoms with Gasteiger partial charge in [0.2, 0.25) is 0 Å². The molecule has 0 unspecified atom stereocenters. The van der Waals surface area contributed by atoms with Gasteiger partial charge in [-0.05, 0) is 37.6 Å². The maximum absolute atomic E-state index is 13.3. The number of nitrogens with one attached hydrogen (secondary N) is 2. The summed E-state index contributed by atoms with van der Waals surface area (Å²) in [4.78, 5) is 16.6. The van der Waals surface area contributed by atoms with Crippen LogP contribution < -0.4 is 5.32 Å². The maximum Gasteiger partial charge on any atom is 0.181 e. The number of ketones is 1. The Hall–Kier alpha value is -3.11. The summed E-state index contributed by atoms with van der Waals surface area (Å²) < 4.78 is 5.64. The summed E-state index contributed by atoms with van der Waals surface area (Å²) in [6, 6.07) is 21.2. The average molecular weight is 358 g/mol. The Labute approximate surface area is 158 Å². The Balaban J connectivity index is 1.66. The average Bonchev–Trinajstić information content (AvgIpc) is 3.33. The molecule has 0 aliphatic heterocycles. The quantitative estimate of drug-likeness (QED) is 0.476. The van der Waals surface area contributed by atoms with Gasteiger partial charge in [0.25, 0.3) is 0 Å². The number of aromatic amines is 1. The molecule has 2 aromatic carbocycles. The number of carbonyl (C=O) groups excluding carboxylic acids is 1. The second-order valence-corrected chi connectivity index (χ2v) is 6.78. The molecule has 27 heavy (non-hydrogen) atoms. The molecule has 0 radical (unpaired) electrons. The van der Waals surface area contributed by atoms with Crippen LogP contribution in [0.4, 0.5) is 0 Å². The van der Waals surface area contributed by atoms with E-state index in [4.69, 9.17) is 4.42 Å². The van der Waals surface area contributed by atoms with Crippen molar-refractivity contribution in [2.24, 2.45) is 0 Å². The second-order valence-electron chi connectivity index (χ2n) is 6.78. The third-order valence-electron chi connectivity index (χ3n) is 4.91. The van der Waals surface area contributed by atoms with Crippen molar-refractivity contribution in [2.75, 3.05) is 0 Å². The van der Waals surface area contributed by atoms with Gasteiger partial charge in [-0.15, -0.1) is 0 Å². The van der Waals surface area contributed by atoms with E-state index in [1.807, 2.05) is 80.6 Å². The van der Waals surface area contributed by atoms with Gasteiger partial charge in [0, 0.05) is 22.2 Å². The van der Waals surface area contributed by atoms with Crippen LogP contribution in [0.15, 0.2) is 77.4 Å². The molecule has 0 bridgehead atoms. The molecule has 2 aromatic heterocycles. The van der Waals surface area contributed by atoms with Gasteiger partial charge in [-0.25, -0.2) is 0 Å². The number of benzene rings is 2. The molecule has 0 saturated carbocycles. The van der Waals surface area contributed by atoms with Gasteiger partial charge >= 0.3 is 0 Å². The molecule has 0 aliphatic rings. The molecular weight excluding hydrogens is 336 g/mol. The van der Waals surface area contributed by atoms with Gasteiger partial charge in [0.15, 0.2) is 5.78 Å². The Morgan fingerprint density at radius 2 is 1.74 bits per heavy atom. The Morgan fingerprint density at radius 1 is 1.00 bits per heavy atom. The van der Waals surface area contributed by atoms with Gasteiger partial charge in [-0.2, -0.15) is 0 Å². The minimum Gasteiger partial charge on any atom is -0.467 e. The number of para-hydroxylation sites is 1. The molecule has 0 amide bonds. The zero-order valence-corrected chi connectivity index (χ0v) is 15.4. The van der Waals surface area contributed by atoms with Crippen molar-refractivity contribution in [3.8, 4) is 0 Å². The summed E-state index contributed by atoms with van der Waals surface area (Å²) in [7, 11) is 0. The first-order valence-electron chi connectivity index (χ1n) is 9.11. The highest BCUT2D eigenvalue weighted by Crippen LogP contribution is 2.26. The monoisotopic (exact) mass is 358 g/mol. The van der Waals surface area contributed by atoms with Crippen molar-refractivity contribution < 1.29 is 9.21 Å². The molecule has 0 saturated heterocycles. The number of carbonyl (C=O) groups is 1. The van der Waals surface area contributed by atoms with E-state index in [9.17, 15) is 4.79 Å². The van der Waals surface area contributed by atoms with Crippen molar-refractivity contribution >= 4 is 16.7 Å². The first-order valence-corrected chi connectivity index (χ1v) is 9.11. The van der Waals surface area contributed by atoms with E-state index in [2.05, 4.69) is 10.3 Å².